The first kappa shape index (κ1) is 21.0. The van der Waals surface area contributed by atoms with E-state index in [2.05, 4.69) is 101 Å². The molecule has 1 saturated heterocycles. The van der Waals surface area contributed by atoms with E-state index >= 15 is 0 Å². The highest BCUT2D eigenvalue weighted by molar-refractivity contribution is 6.99. The van der Waals surface area contributed by atoms with Gasteiger partial charge in [-0.3, -0.25) is 0 Å². The molecular weight excluding hydrogens is 360 g/mol. The third kappa shape index (κ3) is 4.83. The predicted molar refractivity (Wildman–Crippen MR) is 121 cm³/mol. The fraction of sp³-hybridized carbons (Fsp3) is 0.440. The van der Waals surface area contributed by atoms with Crippen molar-refractivity contribution in [3.8, 4) is 0 Å². The number of epoxide rings is 1. The highest BCUT2D eigenvalue weighted by atomic mass is 28.4. The minimum absolute atomic E-state index is 0.00406. The molecule has 0 radical (unpaired) electrons. The summed E-state index contributed by atoms with van der Waals surface area (Å²) in [6.45, 7) is 10.1. The molecule has 2 aromatic rings. The van der Waals surface area contributed by atoms with Gasteiger partial charge < -0.3 is 9.16 Å². The molecule has 3 rings (SSSR count). The second-order valence-corrected chi connectivity index (χ2v) is 13.0. The third-order valence-electron chi connectivity index (χ3n) is 5.49. The summed E-state index contributed by atoms with van der Waals surface area (Å²) in [5.41, 5.74) is 0. The van der Waals surface area contributed by atoms with Gasteiger partial charge in [-0.05, 0) is 21.8 Å². The summed E-state index contributed by atoms with van der Waals surface area (Å²) in [5, 5.41) is 2.68. The second-order valence-electron chi connectivity index (χ2n) is 8.72. The Morgan fingerprint density at radius 3 is 2.00 bits per heavy atom. The lowest BCUT2D eigenvalue weighted by Gasteiger charge is -2.45. The molecule has 1 aliphatic heterocycles. The van der Waals surface area contributed by atoms with Crippen molar-refractivity contribution in [2.75, 3.05) is 6.61 Å². The van der Waals surface area contributed by atoms with Gasteiger partial charge >= 0.3 is 0 Å². The summed E-state index contributed by atoms with van der Waals surface area (Å²) in [5.74, 6) is 0. The maximum absolute atomic E-state index is 7.25. The van der Waals surface area contributed by atoms with E-state index < -0.39 is 8.32 Å². The summed E-state index contributed by atoms with van der Waals surface area (Å²) in [4.78, 5) is 0. The first-order chi connectivity index (χ1) is 13.5. The third-order valence-corrected chi connectivity index (χ3v) is 10.5. The van der Waals surface area contributed by atoms with Gasteiger partial charge in [0.25, 0.3) is 8.32 Å². The first-order valence-electron chi connectivity index (χ1n) is 10.6. The van der Waals surface area contributed by atoms with Crippen molar-refractivity contribution in [1.82, 2.24) is 0 Å². The minimum atomic E-state index is -2.51. The first-order valence-corrected chi connectivity index (χ1v) is 12.5. The fourth-order valence-corrected chi connectivity index (χ4v) is 8.60. The van der Waals surface area contributed by atoms with Crippen LogP contribution in [0, 0.1) is 0 Å². The topological polar surface area (TPSA) is 21.8 Å². The van der Waals surface area contributed by atoms with Gasteiger partial charge in [0.1, 0.15) is 0 Å². The van der Waals surface area contributed by atoms with Crippen LogP contribution < -0.4 is 10.4 Å². The Hall–Kier alpha value is -1.68. The van der Waals surface area contributed by atoms with Gasteiger partial charge in [-0.2, -0.15) is 0 Å². The average molecular weight is 395 g/mol. The van der Waals surface area contributed by atoms with Gasteiger partial charge in [0.2, 0.25) is 0 Å². The molecule has 3 heteroatoms. The van der Waals surface area contributed by atoms with Gasteiger partial charge in [0.15, 0.2) is 0 Å². The van der Waals surface area contributed by atoms with Crippen molar-refractivity contribution in [3.63, 3.8) is 0 Å². The molecule has 0 unspecified atom stereocenters. The van der Waals surface area contributed by atoms with Crippen LogP contribution in [-0.4, -0.2) is 27.1 Å². The molecule has 28 heavy (non-hydrogen) atoms. The maximum atomic E-state index is 7.25. The van der Waals surface area contributed by atoms with Gasteiger partial charge in [-0.1, -0.05) is 113 Å². The van der Waals surface area contributed by atoms with Crippen molar-refractivity contribution in [2.24, 2.45) is 0 Å². The summed E-state index contributed by atoms with van der Waals surface area (Å²) in [6, 6.07) is 21.8. The highest BCUT2D eigenvalue weighted by Gasteiger charge is 2.51. The van der Waals surface area contributed by atoms with Crippen LogP contribution in [0.5, 0.6) is 0 Å². The van der Waals surface area contributed by atoms with Crippen LogP contribution in [0.2, 0.25) is 5.04 Å². The quantitative estimate of drug-likeness (QED) is 0.336. The largest absolute Gasteiger partial charge is 0.401 e. The second kappa shape index (κ2) is 9.21. The Labute approximate surface area is 171 Å². The normalized spacial score (nSPS) is 18.4. The monoisotopic (exact) mass is 394 g/mol. The summed E-state index contributed by atoms with van der Waals surface area (Å²) < 4.78 is 12.7. The van der Waals surface area contributed by atoms with Gasteiger partial charge in [0.05, 0.1) is 18.8 Å². The molecule has 0 amide bonds. The zero-order valence-corrected chi connectivity index (χ0v) is 18.7. The van der Waals surface area contributed by atoms with E-state index in [1.165, 1.54) is 23.2 Å². The van der Waals surface area contributed by atoms with Crippen LogP contribution in [-0.2, 0) is 9.16 Å². The molecule has 150 valence electrons. The fourth-order valence-electron chi connectivity index (χ4n) is 3.93. The number of benzene rings is 2. The smallest absolute Gasteiger partial charge is 0.261 e. The van der Waals surface area contributed by atoms with Crippen molar-refractivity contribution in [1.29, 1.82) is 0 Å². The van der Waals surface area contributed by atoms with E-state index in [1.54, 1.807) is 0 Å². The van der Waals surface area contributed by atoms with Gasteiger partial charge in [-0.15, -0.1) is 0 Å². The number of ether oxygens (including phenoxy) is 1. The molecule has 1 heterocycles. The van der Waals surface area contributed by atoms with Gasteiger partial charge in [-0.25, -0.2) is 0 Å². The van der Waals surface area contributed by atoms with Crippen LogP contribution in [0.25, 0.3) is 0 Å². The molecule has 1 aliphatic rings. The van der Waals surface area contributed by atoms with Crippen molar-refractivity contribution < 1.29 is 9.16 Å². The lowest BCUT2D eigenvalue weighted by atomic mass is 10.1. The lowest BCUT2D eigenvalue weighted by Crippen LogP contribution is -2.67. The van der Waals surface area contributed by atoms with Crippen LogP contribution in [0.15, 0.2) is 72.8 Å². The standard InChI is InChI=1S/C25H34O2Si/c1-5-6-13-21(18-19-22-20-26-22)27-28(25(2,3)4,23-14-9-7-10-15-23)24-16-11-8-12-17-24/h7-12,14-19,21-22H,5-6,13,20H2,1-4H3/b19-18-/t21-,22-/m0/s1. The van der Waals surface area contributed by atoms with Crippen molar-refractivity contribution >= 4 is 18.7 Å². The average Bonchev–Trinajstić information content (AvgIpc) is 3.52. The predicted octanol–water partition coefficient (Wildman–Crippen LogP) is 5.08. The summed E-state index contributed by atoms with van der Waals surface area (Å²) in [7, 11) is -2.51. The molecule has 0 saturated carbocycles. The van der Waals surface area contributed by atoms with Crippen LogP contribution in [0.3, 0.4) is 0 Å². The Morgan fingerprint density at radius 2 is 1.57 bits per heavy atom. The molecule has 2 aromatic carbocycles. The Morgan fingerprint density at radius 1 is 1.04 bits per heavy atom. The van der Waals surface area contributed by atoms with E-state index in [9.17, 15) is 0 Å². The molecule has 0 N–H and O–H groups in total. The molecule has 2 nitrogen and oxygen atoms in total. The van der Waals surface area contributed by atoms with E-state index in [1.807, 2.05) is 0 Å². The summed E-state index contributed by atoms with van der Waals surface area (Å²) in [6.07, 6.45) is 8.23. The van der Waals surface area contributed by atoms with E-state index in [0.29, 0.717) is 0 Å². The Bertz CT molecular complexity index is 706. The summed E-state index contributed by atoms with van der Waals surface area (Å²) >= 11 is 0. The van der Waals surface area contributed by atoms with E-state index in [0.717, 1.165) is 13.0 Å². The molecular formula is C25H34O2Si. The zero-order valence-electron chi connectivity index (χ0n) is 17.7. The van der Waals surface area contributed by atoms with E-state index in [-0.39, 0.29) is 17.2 Å². The maximum Gasteiger partial charge on any atom is 0.261 e. The number of hydrogen-bond donors (Lipinski definition) is 0. The zero-order chi connectivity index (χ0) is 20.0. The molecule has 0 aromatic heterocycles. The minimum Gasteiger partial charge on any atom is -0.401 e. The molecule has 0 aliphatic carbocycles. The van der Waals surface area contributed by atoms with Crippen LogP contribution in [0.1, 0.15) is 47.0 Å². The van der Waals surface area contributed by atoms with E-state index in [4.69, 9.17) is 9.16 Å². The van der Waals surface area contributed by atoms with Crippen molar-refractivity contribution in [3.05, 3.63) is 72.8 Å². The molecule has 1 fully saturated rings. The Kier molecular flexibility index (Phi) is 6.92. The Balaban J connectivity index is 2.08. The number of unbranched alkanes of at least 4 members (excludes halogenated alkanes) is 1. The van der Waals surface area contributed by atoms with Crippen LogP contribution in [0.4, 0.5) is 0 Å². The lowest BCUT2D eigenvalue weighted by molar-refractivity contribution is 0.218. The highest BCUT2D eigenvalue weighted by Crippen LogP contribution is 2.38. The SMILES string of the molecule is CCCC[C@@H](/C=C\[C@H]1CO1)O[Si](c1ccccc1)(c1ccccc1)C(C)(C)C. The molecule has 0 spiro atoms. The number of hydrogen-bond acceptors (Lipinski definition) is 2. The van der Waals surface area contributed by atoms with Gasteiger partial charge in [0, 0.05) is 0 Å². The number of rotatable bonds is 9. The van der Waals surface area contributed by atoms with Crippen molar-refractivity contribution in [2.45, 2.75) is 64.2 Å². The molecule has 2 atom stereocenters. The molecule has 0 bridgehead atoms. The van der Waals surface area contributed by atoms with Crippen LogP contribution >= 0.6 is 0 Å².